The minimum absolute atomic E-state index is 0. The molecule has 0 amide bonds. The quantitative estimate of drug-likeness (QED) is 0.0569. The molecule has 6 aromatic rings. The maximum Gasteiger partial charge on any atom is 2.00 e. The molecule has 0 aliphatic rings. The molecule has 41 heteroatoms. The predicted molar refractivity (Wildman–Crippen MR) is 290 cm³/mol. The zero-order valence-electron chi connectivity index (χ0n) is 55.1. The summed E-state index contributed by atoms with van der Waals surface area (Å²) in [5.41, 5.74) is 0.839. The number of carbonyl (C=O) groups excluding carboxylic acids is 6. The summed E-state index contributed by atoms with van der Waals surface area (Å²) in [6.45, 7) is 13.3. The SMILES string of the molecule is CCOc1cccc(C=O)c1[O-].CCOc1cccc(C=O)c1[O-].CCOc1cccc(C=O)c1[O-].CCOc1cccc(C=O)c1[O-].CCOc1cccc(C=O)c1[O-].CCOc1cccc(C=O)c1[O-].C[O-].C[O-].C[O-].C[O-].C[O-].C[O-].[Ni+2].[Ni+2].[Ni+2].[Ni+2].[Ni+2].[Ni+2].[Ni+2].[O-][Cl+3]([O-])([O-])[O-].[O-][Cl+3]([O-])([O-])[O-]. The Bertz CT molecular complexity index is 2400. The summed E-state index contributed by atoms with van der Waals surface area (Å²) in [4.78, 5) is 62.0. The molecule has 6 aromatic carbocycles. The number of benzene rings is 6. The van der Waals surface area contributed by atoms with Gasteiger partial charge >= 0.3 is 115 Å². The van der Waals surface area contributed by atoms with Crippen LogP contribution < -0.4 is 127 Å². The Morgan fingerprint density at radius 1 is 0.238 bits per heavy atom. The third kappa shape index (κ3) is 68.6. The molecule has 0 N–H and O–H groups in total. The summed E-state index contributed by atoms with van der Waals surface area (Å²) in [7, 11) is -5.39. The summed E-state index contributed by atoms with van der Waals surface area (Å²) in [6, 6.07) is 27.9. The number of ether oxygens (including phenoxy) is 6. The van der Waals surface area contributed by atoms with Gasteiger partial charge in [0.05, 0.1) is 39.6 Å². The molecular formula is C60H72Cl2Ni7O32. The van der Waals surface area contributed by atoms with Crippen molar-refractivity contribution in [2.45, 2.75) is 41.5 Å². The van der Waals surface area contributed by atoms with E-state index in [1.165, 1.54) is 36.4 Å². The van der Waals surface area contributed by atoms with Gasteiger partial charge in [0.2, 0.25) is 0 Å². The Morgan fingerprint density at radius 2 is 0.327 bits per heavy atom. The van der Waals surface area contributed by atoms with Crippen molar-refractivity contribution in [3.63, 3.8) is 0 Å². The number of halogens is 2. The van der Waals surface area contributed by atoms with Crippen LogP contribution in [0, 0.1) is 20.5 Å². The van der Waals surface area contributed by atoms with Crippen molar-refractivity contribution in [2.75, 3.05) is 82.3 Å². The molecule has 0 aromatic heterocycles. The monoisotopic (exact) mass is 1780 g/mol. The van der Waals surface area contributed by atoms with Crippen LogP contribution in [-0.4, -0.2) is 120 Å². The molecule has 0 unspecified atom stereocenters. The number of rotatable bonds is 18. The smallest absolute Gasteiger partial charge is 0.869 e. The first-order valence-corrected chi connectivity index (χ1v) is 28.2. The van der Waals surface area contributed by atoms with Gasteiger partial charge < -0.3 is 89.7 Å². The summed E-state index contributed by atoms with van der Waals surface area (Å²) in [5.74, 6) is -0.603. The molecule has 32 nitrogen and oxygen atoms in total. The fourth-order valence-corrected chi connectivity index (χ4v) is 5.37. The fourth-order valence-electron chi connectivity index (χ4n) is 5.37. The van der Waals surface area contributed by atoms with E-state index in [4.69, 9.17) is 96.3 Å². The Morgan fingerprint density at radius 3 is 0.396 bits per heavy atom. The van der Waals surface area contributed by atoms with E-state index in [-0.39, 0.29) is 218 Å². The Labute approximate surface area is 659 Å². The van der Waals surface area contributed by atoms with Gasteiger partial charge in [0, 0.05) is 33.4 Å². The van der Waals surface area contributed by atoms with Crippen LogP contribution in [0.4, 0.5) is 0 Å². The van der Waals surface area contributed by atoms with Crippen molar-refractivity contribution in [2.24, 2.45) is 0 Å². The maximum atomic E-state index is 11.2. The molecule has 0 saturated heterocycles. The van der Waals surface area contributed by atoms with Gasteiger partial charge in [-0.2, -0.15) is 42.7 Å². The molecule has 0 radical (unpaired) electrons. The summed E-state index contributed by atoms with van der Waals surface area (Å²) in [6.07, 6.45) is 3.20. The molecule has 0 saturated carbocycles. The van der Waals surface area contributed by atoms with E-state index >= 15 is 0 Å². The number of para-hydroxylation sites is 6. The Kier molecular flexibility index (Phi) is 115. The molecule has 0 aliphatic carbocycles. The van der Waals surface area contributed by atoms with Gasteiger partial charge in [0.15, 0.2) is 0 Å². The normalized spacial score (nSPS) is 8.26. The standard InChI is InChI=1S/6C9H10O3.6CH3O.2ClHO4.7Ni/c6*1-2-12-8-5-3-4-7(6-10)9(8)11;6*1-2;2*2-1(3,4)5;;;;;;;/h6*3-6,11H,2H2,1H3;6*1H3;2*(H,2,3,4,5);;;;;;;/q;;;;;;6*-1;;;7*+2/p-8. The first-order chi connectivity index (χ1) is 44.7. The van der Waals surface area contributed by atoms with Crippen molar-refractivity contribution >= 4 is 37.7 Å². The van der Waals surface area contributed by atoms with Gasteiger partial charge in [-0.25, -0.2) is 37.3 Å². The van der Waals surface area contributed by atoms with Gasteiger partial charge in [0.25, 0.3) is 0 Å². The molecule has 0 heterocycles. The van der Waals surface area contributed by atoms with Crippen LogP contribution in [0.5, 0.6) is 69.0 Å². The molecule has 0 aliphatic heterocycles. The third-order valence-corrected chi connectivity index (χ3v) is 8.62. The van der Waals surface area contributed by atoms with E-state index < -0.39 is 20.5 Å². The first kappa shape index (κ1) is 132. The number of hydrogen-bond acceptors (Lipinski definition) is 32. The molecule has 101 heavy (non-hydrogen) atoms. The second kappa shape index (κ2) is 88.6. The maximum absolute atomic E-state index is 11.2. The van der Waals surface area contributed by atoms with E-state index in [9.17, 15) is 59.4 Å². The number of hydrogen-bond donors (Lipinski definition) is 0. The fraction of sp³-hybridized carbons (Fsp3) is 0.300. The molecule has 588 valence electrons. The van der Waals surface area contributed by atoms with E-state index in [0.29, 0.717) is 77.4 Å². The van der Waals surface area contributed by atoms with Crippen molar-refractivity contribution in [1.29, 1.82) is 0 Å². The molecular weight excluding hydrogens is 1710 g/mol. The molecule has 6 rings (SSSR count). The summed E-state index contributed by atoms with van der Waals surface area (Å²) in [5, 5.41) is 117. The van der Waals surface area contributed by atoms with Gasteiger partial charge in [0.1, 0.15) is 72.2 Å². The van der Waals surface area contributed by atoms with E-state index in [0.717, 1.165) is 42.7 Å². The van der Waals surface area contributed by atoms with Gasteiger partial charge in [-0.15, -0.1) is 20.5 Å². The Balaban J connectivity index is -0.0000000630. The number of aldehydes is 6. The molecule has 0 fully saturated rings. The zero-order chi connectivity index (χ0) is 74.8. The van der Waals surface area contributed by atoms with Crippen molar-refractivity contribution in [3.8, 4) is 69.0 Å². The Hall–Kier alpha value is -5.59. The van der Waals surface area contributed by atoms with Crippen LogP contribution in [0.1, 0.15) is 104 Å². The zero-order valence-corrected chi connectivity index (χ0v) is 63.6. The van der Waals surface area contributed by atoms with Crippen molar-refractivity contribution in [1.82, 2.24) is 0 Å². The van der Waals surface area contributed by atoms with Crippen molar-refractivity contribution in [3.05, 3.63) is 143 Å². The van der Waals surface area contributed by atoms with E-state index in [2.05, 4.69) is 0 Å². The number of carbonyl (C=O) groups is 6. The minimum Gasteiger partial charge on any atom is -0.869 e. The second-order valence-corrected chi connectivity index (χ2v) is 15.6. The third-order valence-electron chi connectivity index (χ3n) is 8.62. The predicted octanol–water partition coefficient (Wildman–Crippen LogP) is -9.84. The first-order valence-electron chi connectivity index (χ1n) is 25.7. The van der Waals surface area contributed by atoms with Crippen LogP contribution in [0.15, 0.2) is 109 Å². The van der Waals surface area contributed by atoms with Crippen LogP contribution in [0.2, 0.25) is 0 Å². The minimum atomic E-state index is -4.94. The van der Waals surface area contributed by atoms with E-state index in [1.54, 1.807) is 114 Å². The van der Waals surface area contributed by atoms with E-state index in [1.807, 2.05) is 0 Å². The molecule has 0 spiro atoms. The van der Waals surface area contributed by atoms with Crippen LogP contribution in [0.25, 0.3) is 0 Å². The van der Waals surface area contributed by atoms with Crippen LogP contribution in [-0.2, 0) is 115 Å². The molecule has 0 bridgehead atoms. The van der Waals surface area contributed by atoms with Crippen LogP contribution >= 0.6 is 0 Å². The van der Waals surface area contributed by atoms with Crippen molar-refractivity contribution < 1.29 is 292 Å². The van der Waals surface area contributed by atoms with Gasteiger partial charge in [-0.05, 0) is 77.9 Å². The average molecular weight is 1790 g/mol. The molecule has 0 atom stereocenters. The van der Waals surface area contributed by atoms with Gasteiger partial charge in [-0.3, -0.25) is 28.8 Å². The summed E-state index contributed by atoms with van der Waals surface area (Å²) < 4.78 is 98.0. The van der Waals surface area contributed by atoms with Gasteiger partial charge in [-0.1, -0.05) is 107 Å². The topological polar surface area (TPSA) is 619 Å². The average Bonchev–Trinajstić information content (AvgIpc) is 0.927. The van der Waals surface area contributed by atoms with Crippen LogP contribution in [0.3, 0.4) is 0 Å². The largest absolute Gasteiger partial charge is 2.00 e. The second-order valence-electron chi connectivity index (χ2n) is 14.1. The summed E-state index contributed by atoms with van der Waals surface area (Å²) >= 11 is 0.